The molecule has 0 radical (unpaired) electrons. The van der Waals surface area contributed by atoms with Crippen molar-refractivity contribution in [2.45, 2.75) is 39.3 Å². The SMILES string of the molecule is CC(C)OCCCNC(=O)CCn1c(=O)[nH]c2ccccc2c1=O. The number of fused-ring (bicyclic) bond motifs is 1. The van der Waals surface area contributed by atoms with Crippen LogP contribution in [0, 0.1) is 0 Å². The summed E-state index contributed by atoms with van der Waals surface area (Å²) >= 11 is 0. The number of nitrogens with zero attached hydrogens (tertiary/aromatic N) is 1. The molecular weight excluding hydrogens is 310 g/mol. The number of nitrogens with one attached hydrogen (secondary N) is 2. The maximum absolute atomic E-state index is 12.3. The van der Waals surface area contributed by atoms with Gasteiger partial charge in [-0.1, -0.05) is 12.1 Å². The summed E-state index contributed by atoms with van der Waals surface area (Å²) in [4.78, 5) is 38.8. The number of aromatic nitrogens is 2. The third-order valence-electron chi connectivity index (χ3n) is 3.55. The maximum Gasteiger partial charge on any atom is 0.328 e. The van der Waals surface area contributed by atoms with E-state index in [0.29, 0.717) is 24.1 Å². The molecule has 1 aromatic heterocycles. The zero-order valence-corrected chi connectivity index (χ0v) is 14.0. The van der Waals surface area contributed by atoms with Gasteiger partial charge in [0.25, 0.3) is 5.56 Å². The lowest BCUT2D eigenvalue weighted by Crippen LogP contribution is -2.37. The highest BCUT2D eigenvalue weighted by Crippen LogP contribution is 2.03. The van der Waals surface area contributed by atoms with Crippen LogP contribution in [0.5, 0.6) is 0 Å². The van der Waals surface area contributed by atoms with Crippen molar-refractivity contribution < 1.29 is 9.53 Å². The Morgan fingerprint density at radius 3 is 2.79 bits per heavy atom. The molecule has 2 aromatic rings. The average molecular weight is 333 g/mol. The van der Waals surface area contributed by atoms with E-state index >= 15 is 0 Å². The van der Waals surface area contributed by atoms with Crippen LogP contribution in [-0.2, 0) is 16.1 Å². The van der Waals surface area contributed by atoms with E-state index in [1.54, 1.807) is 24.3 Å². The van der Waals surface area contributed by atoms with Gasteiger partial charge in [-0.3, -0.25) is 14.2 Å². The Morgan fingerprint density at radius 1 is 1.29 bits per heavy atom. The Labute approximate surface area is 139 Å². The highest BCUT2D eigenvalue weighted by atomic mass is 16.5. The Bertz CT molecular complexity index is 807. The van der Waals surface area contributed by atoms with Gasteiger partial charge in [0, 0.05) is 26.1 Å². The number of carbonyl (C=O) groups is 1. The van der Waals surface area contributed by atoms with Crippen molar-refractivity contribution in [3.63, 3.8) is 0 Å². The quantitative estimate of drug-likeness (QED) is 0.705. The summed E-state index contributed by atoms with van der Waals surface area (Å²) in [5, 5.41) is 3.19. The predicted octanol–water partition coefficient (Wildman–Crippen LogP) is 1.01. The minimum Gasteiger partial charge on any atom is -0.379 e. The molecule has 0 saturated heterocycles. The normalized spacial score (nSPS) is 11.1. The van der Waals surface area contributed by atoms with E-state index in [0.717, 1.165) is 11.0 Å². The fourth-order valence-electron chi connectivity index (χ4n) is 2.32. The minimum absolute atomic E-state index is 0.0489. The standard InChI is InChI=1S/C17H23N3O4/c1-12(2)24-11-5-9-18-15(21)8-10-20-16(22)13-6-3-4-7-14(13)19-17(20)23/h3-4,6-7,12H,5,8-11H2,1-2H3,(H,18,21)(H,19,23). The van der Waals surface area contributed by atoms with E-state index in [4.69, 9.17) is 4.74 Å². The molecule has 1 heterocycles. The lowest BCUT2D eigenvalue weighted by molar-refractivity contribution is -0.121. The Balaban J connectivity index is 1.90. The number of ether oxygens (including phenoxy) is 1. The van der Waals surface area contributed by atoms with Crippen molar-refractivity contribution in [3.8, 4) is 0 Å². The lowest BCUT2D eigenvalue weighted by atomic mass is 10.2. The Morgan fingerprint density at radius 2 is 2.04 bits per heavy atom. The smallest absolute Gasteiger partial charge is 0.328 e. The van der Waals surface area contributed by atoms with Gasteiger partial charge in [-0.2, -0.15) is 0 Å². The summed E-state index contributed by atoms with van der Waals surface area (Å²) in [6.07, 6.45) is 0.972. The molecule has 1 aromatic carbocycles. The molecule has 0 atom stereocenters. The van der Waals surface area contributed by atoms with E-state index in [9.17, 15) is 14.4 Å². The zero-order valence-electron chi connectivity index (χ0n) is 14.0. The first kappa shape index (κ1) is 17.9. The largest absolute Gasteiger partial charge is 0.379 e. The second-order valence-corrected chi connectivity index (χ2v) is 5.81. The third-order valence-corrected chi connectivity index (χ3v) is 3.55. The number of aromatic amines is 1. The van der Waals surface area contributed by atoms with Crippen LogP contribution in [0.15, 0.2) is 33.9 Å². The van der Waals surface area contributed by atoms with Gasteiger partial charge in [0.1, 0.15) is 0 Å². The first-order valence-corrected chi connectivity index (χ1v) is 8.09. The summed E-state index contributed by atoms with van der Waals surface area (Å²) in [6.45, 7) is 5.05. The number of rotatable bonds is 8. The number of H-pyrrole nitrogens is 1. The molecule has 2 N–H and O–H groups in total. The summed E-state index contributed by atoms with van der Waals surface area (Å²) in [7, 11) is 0. The Hall–Kier alpha value is -2.41. The molecule has 0 spiro atoms. The van der Waals surface area contributed by atoms with Crippen LogP contribution in [0.25, 0.3) is 10.9 Å². The number of benzene rings is 1. The molecule has 130 valence electrons. The number of hydrogen-bond acceptors (Lipinski definition) is 4. The van der Waals surface area contributed by atoms with Gasteiger partial charge < -0.3 is 15.0 Å². The molecule has 7 nitrogen and oxygen atoms in total. The van der Waals surface area contributed by atoms with Gasteiger partial charge in [0.05, 0.1) is 17.0 Å². The molecule has 0 bridgehead atoms. The molecule has 2 rings (SSSR count). The molecule has 0 aliphatic heterocycles. The lowest BCUT2D eigenvalue weighted by Gasteiger charge is -2.09. The zero-order chi connectivity index (χ0) is 17.5. The minimum atomic E-state index is -0.503. The molecule has 0 aliphatic carbocycles. The van der Waals surface area contributed by atoms with Crippen LogP contribution >= 0.6 is 0 Å². The summed E-state index contributed by atoms with van der Waals surface area (Å²) in [6, 6.07) is 6.81. The fraction of sp³-hybridized carbons (Fsp3) is 0.471. The molecule has 0 saturated carbocycles. The number of carbonyl (C=O) groups excluding carboxylic acids is 1. The summed E-state index contributed by atoms with van der Waals surface area (Å²) in [5.41, 5.74) is -0.386. The summed E-state index contributed by atoms with van der Waals surface area (Å²) in [5.74, 6) is -0.195. The van der Waals surface area contributed by atoms with Gasteiger partial charge in [-0.25, -0.2) is 4.79 Å². The Kier molecular flexibility index (Phi) is 6.31. The van der Waals surface area contributed by atoms with Crippen LogP contribution in [0.3, 0.4) is 0 Å². The van der Waals surface area contributed by atoms with E-state index in [1.807, 2.05) is 13.8 Å². The van der Waals surface area contributed by atoms with Crippen molar-refractivity contribution in [2.24, 2.45) is 0 Å². The van der Waals surface area contributed by atoms with Gasteiger partial charge in [-0.05, 0) is 32.4 Å². The van der Waals surface area contributed by atoms with E-state index < -0.39 is 5.69 Å². The van der Waals surface area contributed by atoms with E-state index in [2.05, 4.69) is 10.3 Å². The topological polar surface area (TPSA) is 93.2 Å². The molecule has 24 heavy (non-hydrogen) atoms. The second-order valence-electron chi connectivity index (χ2n) is 5.81. The highest BCUT2D eigenvalue weighted by Gasteiger charge is 2.09. The molecule has 7 heteroatoms. The predicted molar refractivity (Wildman–Crippen MR) is 92.2 cm³/mol. The first-order chi connectivity index (χ1) is 11.5. The van der Waals surface area contributed by atoms with Gasteiger partial charge in [0.15, 0.2) is 0 Å². The molecule has 0 fully saturated rings. The van der Waals surface area contributed by atoms with Gasteiger partial charge >= 0.3 is 5.69 Å². The van der Waals surface area contributed by atoms with E-state index in [-0.39, 0.29) is 30.5 Å². The first-order valence-electron chi connectivity index (χ1n) is 8.09. The van der Waals surface area contributed by atoms with Crippen molar-refractivity contribution in [2.75, 3.05) is 13.2 Å². The van der Waals surface area contributed by atoms with Gasteiger partial charge in [-0.15, -0.1) is 0 Å². The van der Waals surface area contributed by atoms with Crippen molar-refractivity contribution in [1.82, 2.24) is 14.9 Å². The molecular formula is C17H23N3O4. The molecule has 1 amide bonds. The van der Waals surface area contributed by atoms with Crippen LogP contribution < -0.4 is 16.6 Å². The summed E-state index contributed by atoms with van der Waals surface area (Å²) < 4.78 is 6.44. The molecule has 0 aliphatic rings. The number of para-hydroxylation sites is 1. The van der Waals surface area contributed by atoms with Crippen LogP contribution in [0.1, 0.15) is 26.7 Å². The number of hydrogen-bond donors (Lipinski definition) is 2. The molecule has 0 unspecified atom stereocenters. The van der Waals surface area contributed by atoms with Crippen LogP contribution in [0.2, 0.25) is 0 Å². The second kappa shape index (κ2) is 8.44. The maximum atomic E-state index is 12.3. The number of amides is 1. The van der Waals surface area contributed by atoms with Crippen molar-refractivity contribution in [1.29, 1.82) is 0 Å². The average Bonchev–Trinajstić information content (AvgIpc) is 2.54. The van der Waals surface area contributed by atoms with Crippen molar-refractivity contribution >= 4 is 16.8 Å². The highest BCUT2D eigenvalue weighted by molar-refractivity contribution is 5.77. The third kappa shape index (κ3) is 4.79. The van der Waals surface area contributed by atoms with Crippen LogP contribution in [0.4, 0.5) is 0 Å². The van der Waals surface area contributed by atoms with Crippen LogP contribution in [-0.4, -0.2) is 34.7 Å². The fourth-order valence-corrected chi connectivity index (χ4v) is 2.32. The van der Waals surface area contributed by atoms with E-state index in [1.165, 1.54) is 0 Å². The van der Waals surface area contributed by atoms with Crippen molar-refractivity contribution in [3.05, 3.63) is 45.1 Å². The monoisotopic (exact) mass is 333 g/mol. The van der Waals surface area contributed by atoms with Gasteiger partial charge in [0.2, 0.25) is 5.91 Å².